The summed E-state index contributed by atoms with van der Waals surface area (Å²) in [6.07, 6.45) is 1.64. The van der Waals surface area contributed by atoms with Crippen LogP contribution in [0.15, 0.2) is 47.4 Å². The van der Waals surface area contributed by atoms with Crippen molar-refractivity contribution in [3.63, 3.8) is 0 Å². The van der Waals surface area contributed by atoms with E-state index >= 15 is 0 Å². The molecule has 0 amide bonds. The Morgan fingerprint density at radius 3 is 2.14 bits per heavy atom. The molecule has 0 heterocycles. The predicted molar refractivity (Wildman–Crippen MR) is 84.6 cm³/mol. The molecule has 4 nitrogen and oxygen atoms in total. The summed E-state index contributed by atoms with van der Waals surface area (Å²) in [4.78, 5) is 18.2. The van der Waals surface area contributed by atoms with Crippen molar-refractivity contribution < 1.29 is 19.5 Å². The summed E-state index contributed by atoms with van der Waals surface area (Å²) in [6, 6.07) is 13.1. The maximum absolute atomic E-state index is 11.0. The maximum atomic E-state index is 11.0. The zero-order valence-corrected chi connectivity index (χ0v) is 13.3. The van der Waals surface area contributed by atoms with Gasteiger partial charge in [-0.3, -0.25) is 0 Å². The van der Waals surface area contributed by atoms with Gasteiger partial charge < -0.3 is 14.9 Å². The third-order valence-corrected chi connectivity index (χ3v) is 5.15. The van der Waals surface area contributed by atoms with Crippen molar-refractivity contribution in [3.8, 4) is 5.75 Å². The van der Waals surface area contributed by atoms with Crippen molar-refractivity contribution in [2.75, 3.05) is 0 Å². The van der Waals surface area contributed by atoms with E-state index in [0.29, 0.717) is 17.8 Å². The molecule has 21 heavy (non-hydrogen) atoms. The van der Waals surface area contributed by atoms with E-state index in [1.54, 1.807) is 12.1 Å². The van der Waals surface area contributed by atoms with E-state index in [4.69, 9.17) is 9.79 Å². The number of benzene rings is 2. The summed E-state index contributed by atoms with van der Waals surface area (Å²) in [5.41, 5.74) is 3.28. The van der Waals surface area contributed by atoms with E-state index in [-0.39, 0.29) is 10.6 Å². The van der Waals surface area contributed by atoms with Gasteiger partial charge in [0.15, 0.2) is 0 Å². The molecule has 2 aromatic carbocycles. The second kappa shape index (κ2) is 6.67. The monoisotopic (exact) mass is 324 g/mol. The number of hydrogen-bond donors (Lipinski definition) is 3. The molecular weight excluding hydrogens is 307 g/mol. The molecule has 0 spiro atoms. The standard InChI is InChI=1S/C15H17O4PS/c1-2-11-3-5-12(6-4-11)9-13-7-8-14(16)15(10-13)21-20(17,18)19/h3-8,10,16H,2,9H2,1H3,(H2,17,18,19). The Bertz CT molecular complexity index is 664. The molecule has 0 aromatic heterocycles. The molecule has 0 radical (unpaired) electrons. The number of phenols is 1. The number of aromatic hydroxyl groups is 1. The minimum atomic E-state index is -4.27. The maximum Gasteiger partial charge on any atom is 0.388 e. The molecule has 0 aliphatic rings. The van der Waals surface area contributed by atoms with Gasteiger partial charge in [0.1, 0.15) is 5.75 Å². The van der Waals surface area contributed by atoms with Crippen LogP contribution < -0.4 is 0 Å². The highest BCUT2D eigenvalue weighted by atomic mass is 32.7. The fourth-order valence-corrected chi connectivity index (χ4v) is 3.83. The first-order valence-electron chi connectivity index (χ1n) is 6.52. The second-order valence-corrected chi connectivity index (χ2v) is 8.31. The van der Waals surface area contributed by atoms with Crippen LogP contribution in [0, 0.1) is 0 Å². The highest BCUT2D eigenvalue weighted by Gasteiger charge is 2.18. The molecule has 6 heteroatoms. The number of hydrogen-bond acceptors (Lipinski definition) is 3. The summed E-state index contributed by atoms with van der Waals surface area (Å²) < 4.78 is 11.0. The molecule has 112 valence electrons. The molecule has 3 N–H and O–H groups in total. The second-order valence-electron chi connectivity index (χ2n) is 4.73. The van der Waals surface area contributed by atoms with Crippen molar-refractivity contribution in [1.82, 2.24) is 0 Å². The quantitative estimate of drug-likeness (QED) is 0.731. The molecule has 0 atom stereocenters. The Labute approximate surface area is 127 Å². The number of phenolic OH excluding ortho intramolecular Hbond substituents is 1. The highest BCUT2D eigenvalue weighted by Crippen LogP contribution is 2.56. The average molecular weight is 324 g/mol. The van der Waals surface area contributed by atoms with Crippen molar-refractivity contribution in [1.29, 1.82) is 0 Å². The van der Waals surface area contributed by atoms with Crippen LogP contribution in [0.3, 0.4) is 0 Å². The summed E-state index contributed by atoms with van der Waals surface area (Å²) in [6.45, 7) is -2.17. The zero-order valence-electron chi connectivity index (χ0n) is 11.6. The zero-order chi connectivity index (χ0) is 15.5. The van der Waals surface area contributed by atoms with E-state index < -0.39 is 6.80 Å². The van der Waals surface area contributed by atoms with Gasteiger partial charge >= 0.3 is 6.80 Å². The van der Waals surface area contributed by atoms with Crippen LogP contribution in [0.2, 0.25) is 0 Å². The van der Waals surface area contributed by atoms with E-state index in [9.17, 15) is 9.67 Å². The van der Waals surface area contributed by atoms with Crippen LogP contribution in [0.5, 0.6) is 5.75 Å². The normalized spacial score (nSPS) is 11.6. The fourth-order valence-electron chi connectivity index (χ4n) is 2.00. The first-order chi connectivity index (χ1) is 9.87. The Morgan fingerprint density at radius 2 is 1.57 bits per heavy atom. The summed E-state index contributed by atoms with van der Waals surface area (Å²) in [7, 11) is 0. The third-order valence-electron chi connectivity index (χ3n) is 3.08. The first kappa shape index (κ1) is 16.1. The Balaban J connectivity index is 2.20. The van der Waals surface area contributed by atoms with Crippen LogP contribution in [-0.2, 0) is 17.4 Å². The molecule has 0 bridgehead atoms. The number of rotatable bonds is 5. The first-order valence-corrected chi connectivity index (χ1v) is 9.55. The van der Waals surface area contributed by atoms with Gasteiger partial charge in [-0.25, -0.2) is 4.57 Å². The topological polar surface area (TPSA) is 77.8 Å². The molecular formula is C15H17O4PS. The van der Waals surface area contributed by atoms with Gasteiger partial charge in [0.25, 0.3) is 0 Å². The van der Waals surface area contributed by atoms with Crippen LogP contribution in [0.4, 0.5) is 0 Å². The lowest BCUT2D eigenvalue weighted by Crippen LogP contribution is -1.90. The third kappa shape index (κ3) is 4.90. The molecule has 0 saturated carbocycles. The highest BCUT2D eigenvalue weighted by molar-refractivity contribution is 8.54. The van der Waals surface area contributed by atoms with Crippen molar-refractivity contribution >= 4 is 18.2 Å². The van der Waals surface area contributed by atoms with Crippen molar-refractivity contribution in [2.24, 2.45) is 0 Å². The van der Waals surface area contributed by atoms with Gasteiger partial charge in [0, 0.05) is 0 Å². The Kier molecular flexibility index (Phi) is 5.12. The van der Waals surface area contributed by atoms with Crippen LogP contribution in [0.25, 0.3) is 0 Å². The molecule has 0 aliphatic heterocycles. The van der Waals surface area contributed by atoms with Crippen LogP contribution >= 0.6 is 18.2 Å². The molecule has 0 aliphatic carbocycles. The molecule has 2 rings (SSSR count). The van der Waals surface area contributed by atoms with Gasteiger partial charge in [-0.15, -0.1) is 0 Å². The van der Waals surface area contributed by atoms with Gasteiger partial charge in [0.2, 0.25) is 0 Å². The van der Waals surface area contributed by atoms with Crippen molar-refractivity contribution in [2.45, 2.75) is 24.7 Å². The fraction of sp³-hybridized carbons (Fsp3) is 0.200. The predicted octanol–water partition coefficient (Wildman–Crippen LogP) is 3.73. The van der Waals surface area contributed by atoms with Gasteiger partial charge in [-0.1, -0.05) is 37.3 Å². The summed E-state index contributed by atoms with van der Waals surface area (Å²) >= 11 is 0.375. The minimum Gasteiger partial charge on any atom is -0.507 e. The van der Waals surface area contributed by atoms with Crippen LogP contribution in [0.1, 0.15) is 23.6 Å². The average Bonchev–Trinajstić information content (AvgIpc) is 2.42. The lowest BCUT2D eigenvalue weighted by atomic mass is 10.0. The smallest absolute Gasteiger partial charge is 0.388 e. The van der Waals surface area contributed by atoms with Crippen molar-refractivity contribution in [3.05, 3.63) is 59.2 Å². The minimum absolute atomic E-state index is 0.117. The summed E-state index contributed by atoms with van der Waals surface area (Å²) in [5, 5.41) is 9.67. The van der Waals surface area contributed by atoms with Crippen LogP contribution in [-0.4, -0.2) is 14.9 Å². The lowest BCUT2D eigenvalue weighted by Gasteiger charge is -2.09. The molecule has 0 fully saturated rings. The largest absolute Gasteiger partial charge is 0.507 e. The van der Waals surface area contributed by atoms with E-state index in [2.05, 4.69) is 19.1 Å². The SMILES string of the molecule is CCc1ccc(Cc2ccc(O)c(SP(=O)(O)O)c2)cc1. The lowest BCUT2D eigenvalue weighted by molar-refractivity contribution is 0.396. The van der Waals surface area contributed by atoms with Gasteiger partial charge in [-0.05, 0) is 53.0 Å². The van der Waals surface area contributed by atoms with Gasteiger partial charge in [0.05, 0.1) is 4.90 Å². The Hall–Kier alpha value is -1.26. The van der Waals surface area contributed by atoms with Gasteiger partial charge in [-0.2, -0.15) is 0 Å². The molecule has 2 aromatic rings. The van der Waals surface area contributed by atoms with E-state index in [1.165, 1.54) is 11.6 Å². The van der Waals surface area contributed by atoms with E-state index in [1.807, 2.05) is 12.1 Å². The summed E-state index contributed by atoms with van der Waals surface area (Å²) in [5.74, 6) is -0.117. The molecule has 0 saturated heterocycles. The van der Waals surface area contributed by atoms with E-state index in [0.717, 1.165) is 17.5 Å². The molecule has 0 unspecified atom stereocenters. The number of aryl methyl sites for hydroxylation is 1. The Morgan fingerprint density at radius 1 is 1.00 bits per heavy atom.